The van der Waals surface area contributed by atoms with Crippen molar-refractivity contribution in [1.29, 1.82) is 0 Å². The molecule has 0 bridgehead atoms. The number of carbonyl (C=O) groups excluding carboxylic acids is 1. The Balaban J connectivity index is 2.71. The highest BCUT2D eigenvalue weighted by atomic mass is 79.9. The van der Waals surface area contributed by atoms with Gasteiger partial charge in [-0.3, -0.25) is 4.79 Å². The maximum atomic E-state index is 11.2. The number of alkyl halides is 1. The van der Waals surface area contributed by atoms with Gasteiger partial charge in [-0.05, 0) is 33.1 Å². The van der Waals surface area contributed by atoms with Gasteiger partial charge in [-0.2, -0.15) is 0 Å². The Morgan fingerprint density at radius 1 is 1.73 bits per heavy atom. The molecule has 1 nitrogen and oxygen atoms in total. The van der Waals surface area contributed by atoms with Crippen LogP contribution in [0.15, 0.2) is 11.6 Å². The fraction of sp³-hybridized carbons (Fsp3) is 0.667. The van der Waals surface area contributed by atoms with Crippen LogP contribution in [0.2, 0.25) is 0 Å². The maximum absolute atomic E-state index is 11.2. The van der Waals surface area contributed by atoms with Crippen LogP contribution in [0.5, 0.6) is 0 Å². The molecule has 0 heterocycles. The average Bonchev–Trinajstić information content (AvgIpc) is 1.95. The maximum Gasteiger partial charge on any atom is 0.146 e. The molecule has 1 aliphatic carbocycles. The number of carbonyl (C=O) groups is 1. The quantitative estimate of drug-likeness (QED) is 0.487. The summed E-state index contributed by atoms with van der Waals surface area (Å²) in [5.74, 6) is 0.251. The predicted octanol–water partition coefficient (Wildman–Crippen LogP) is 2.84. The van der Waals surface area contributed by atoms with Crippen LogP contribution < -0.4 is 0 Å². The highest BCUT2D eigenvalue weighted by Gasteiger charge is 2.32. The Labute approximate surface area is 76.0 Å². The van der Waals surface area contributed by atoms with Gasteiger partial charge in [-0.1, -0.05) is 27.6 Å². The number of hydrogen-bond acceptors (Lipinski definition) is 1. The fourth-order valence-electron chi connectivity index (χ4n) is 1.26. The summed E-state index contributed by atoms with van der Waals surface area (Å²) in [4.78, 5) is 11.2. The summed E-state index contributed by atoms with van der Waals surface area (Å²) in [5, 5.41) is 0. The van der Waals surface area contributed by atoms with Crippen LogP contribution in [0.4, 0.5) is 0 Å². The lowest BCUT2D eigenvalue weighted by molar-refractivity contribution is -0.119. The number of rotatable bonds is 1. The van der Waals surface area contributed by atoms with Crippen LogP contribution in [-0.2, 0) is 4.79 Å². The van der Waals surface area contributed by atoms with E-state index in [1.165, 1.54) is 5.57 Å². The van der Waals surface area contributed by atoms with Crippen molar-refractivity contribution in [2.24, 2.45) is 0 Å². The molecule has 1 atom stereocenters. The van der Waals surface area contributed by atoms with Crippen LogP contribution in [0.3, 0.4) is 0 Å². The van der Waals surface area contributed by atoms with Gasteiger partial charge in [0.2, 0.25) is 0 Å². The van der Waals surface area contributed by atoms with E-state index in [-0.39, 0.29) is 10.1 Å². The van der Waals surface area contributed by atoms with Crippen molar-refractivity contribution in [2.45, 2.75) is 37.4 Å². The SMILES string of the molecule is CC(=O)[C@@]1(Br)CC=C(C)CC1. The molecular formula is C9H13BrO. The van der Waals surface area contributed by atoms with Gasteiger partial charge >= 0.3 is 0 Å². The molecule has 0 saturated heterocycles. The largest absolute Gasteiger partial charge is 0.298 e. The summed E-state index contributed by atoms with van der Waals surface area (Å²) in [7, 11) is 0. The first kappa shape index (κ1) is 8.98. The lowest BCUT2D eigenvalue weighted by Gasteiger charge is -2.27. The third kappa shape index (κ3) is 1.92. The van der Waals surface area contributed by atoms with E-state index in [9.17, 15) is 4.79 Å². The summed E-state index contributed by atoms with van der Waals surface area (Å²) in [6.45, 7) is 3.77. The molecule has 0 aromatic carbocycles. The molecule has 0 saturated carbocycles. The Morgan fingerprint density at radius 3 is 2.73 bits per heavy atom. The topological polar surface area (TPSA) is 17.1 Å². The van der Waals surface area contributed by atoms with Gasteiger partial charge in [0, 0.05) is 0 Å². The zero-order chi connectivity index (χ0) is 8.48. The van der Waals surface area contributed by atoms with E-state index in [1.54, 1.807) is 6.92 Å². The Morgan fingerprint density at radius 2 is 2.36 bits per heavy atom. The van der Waals surface area contributed by atoms with Crippen LogP contribution in [0.1, 0.15) is 33.1 Å². The molecule has 0 aromatic rings. The van der Waals surface area contributed by atoms with Crippen molar-refractivity contribution in [1.82, 2.24) is 0 Å². The van der Waals surface area contributed by atoms with E-state index in [2.05, 4.69) is 28.9 Å². The summed E-state index contributed by atoms with van der Waals surface area (Å²) in [5.41, 5.74) is 1.40. The normalized spacial score (nSPS) is 31.4. The van der Waals surface area contributed by atoms with Gasteiger partial charge in [0.05, 0.1) is 4.32 Å². The third-order valence-electron chi connectivity index (χ3n) is 2.32. The molecule has 0 fully saturated rings. The monoisotopic (exact) mass is 216 g/mol. The number of hydrogen-bond donors (Lipinski definition) is 0. The van der Waals surface area contributed by atoms with E-state index in [0.717, 1.165) is 19.3 Å². The molecule has 1 aliphatic rings. The molecule has 0 spiro atoms. The molecule has 1 rings (SSSR count). The van der Waals surface area contributed by atoms with Gasteiger partial charge in [0.25, 0.3) is 0 Å². The van der Waals surface area contributed by atoms with E-state index in [1.807, 2.05) is 0 Å². The van der Waals surface area contributed by atoms with Crippen molar-refractivity contribution in [3.63, 3.8) is 0 Å². The number of halogens is 1. The molecule has 0 amide bonds. The molecule has 0 aromatic heterocycles. The minimum atomic E-state index is -0.244. The van der Waals surface area contributed by atoms with Crippen molar-refractivity contribution >= 4 is 21.7 Å². The average molecular weight is 217 g/mol. The highest BCUT2D eigenvalue weighted by Crippen LogP contribution is 2.35. The Kier molecular flexibility index (Phi) is 2.53. The lowest BCUT2D eigenvalue weighted by atomic mass is 9.87. The second-order valence-corrected chi connectivity index (χ2v) is 4.79. The molecule has 11 heavy (non-hydrogen) atoms. The number of Topliss-reactive ketones (excluding diaryl/α,β-unsaturated/α-hetero) is 1. The van der Waals surface area contributed by atoms with Gasteiger partial charge < -0.3 is 0 Å². The third-order valence-corrected chi connectivity index (χ3v) is 3.60. The minimum Gasteiger partial charge on any atom is -0.298 e. The molecular weight excluding hydrogens is 204 g/mol. The summed E-state index contributed by atoms with van der Waals surface area (Å²) in [6.07, 6.45) is 5.00. The van der Waals surface area contributed by atoms with Gasteiger partial charge in [-0.15, -0.1) is 0 Å². The molecule has 62 valence electrons. The summed E-state index contributed by atoms with van der Waals surface area (Å²) < 4.78 is -0.244. The number of ketones is 1. The Bertz CT molecular complexity index is 208. The van der Waals surface area contributed by atoms with Gasteiger partial charge in [0.15, 0.2) is 0 Å². The molecule has 0 N–H and O–H groups in total. The first-order chi connectivity index (χ1) is 5.04. The van der Waals surface area contributed by atoms with E-state index in [4.69, 9.17) is 0 Å². The van der Waals surface area contributed by atoms with E-state index in [0.29, 0.717) is 0 Å². The van der Waals surface area contributed by atoms with Crippen LogP contribution in [0, 0.1) is 0 Å². The van der Waals surface area contributed by atoms with Crippen molar-refractivity contribution in [3.05, 3.63) is 11.6 Å². The zero-order valence-corrected chi connectivity index (χ0v) is 8.57. The molecule has 0 radical (unpaired) electrons. The first-order valence-electron chi connectivity index (χ1n) is 3.90. The minimum absolute atomic E-state index is 0.244. The smallest absolute Gasteiger partial charge is 0.146 e. The summed E-state index contributed by atoms with van der Waals surface area (Å²) >= 11 is 3.49. The summed E-state index contributed by atoms with van der Waals surface area (Å²) in [6, 6.07) is 0. The number of allylic oxidation sites excluding steroid dienone is 2. The first-order valence-corrected chi connectivity index (χ1v) is 4.69. The van der Waals surface area contributed by atoms with Crippen molar-refractivity contribution in [3.8, 4) is 0 Å². The Hall–Kier alpha value is -0.110. The van der Waals surface area contributed by atoms with Crippen LogP contribution in [0.25, 0.3) is 0 Å². The molecule has 0 aliphatic heterocycles. The van der Waals surface area contributed by atoms with Crippen molar-refractivity contribution < 1.29 is 4.79 Å². The zero-order valence-electron chi connectivity index (χ0n) is 6.98. The van der Waals surface area contributed by atoms with Crippen LogP contribution in [-0.4, -0.2) is 10.1 Å². The highest BCUT2D eigenvalue weighted by molar-refractivity contribution is 9.10. The van der Waals surface area contributed by atoms with E-state index >= 15 is 0 Å². The predicted molar refractivity (Wildman–Crippen MR) is 49.9 cm³/mol. The van der Waals surface area contributed by atoms with E-state index < -0.39 is 0 Å². The van der Waals surface area contributed by atoms with Gasteiger partial charge in [0.1, 0.15) is 5.78 Å². The lowest BCUT2D eigenvalue weighted by Crippen LogP contribution is -2.31. The molecule has 2 heteroatoms. The standard InChI is InChI=1S/C9H13BrO/c1-7-3-5-9(10,6-4-7)8(2)11/h3H,4-6H2,1-2H3/t9-/m1/s1. The fourth-order valence-corrected chi connectivity index (χ4v) is 1.62. The van der Waals surface area contributed by atoms with Gasteiger partial charge in [-0.25, -0.2) is 0 Å². The van der Waals surface area contributed by atoms with Crippen LogP contribution >= 0.6 is 15.9 Å². The van der Waals surface area contributed by atoms with Crippen molar-refractivity contribution in [2.75, 3.05) is 0 Å². The second kappa shape index (κ2) is 3.10. The molecule has 0 unspecified atom stereocenters. The second-order valence-electron chi connectivity index (χ2n) is 3.28.